The minimum Gasteiger partial charge on any atom is -0.325 e. The first kappa shape index (κ1) is 19.1. The zero-order valence-electron chi connectivity index (χ0n) is 13.0. The van der Waals surface area contributed by atoms with Crippen molar-refractivity contribution in [2.75, 3.05) is 22.4 Å². The molecule has 0 atom stereocenters. The molecule has 6 nitrogen and oxygen atoms in total. The molecular formula is C16H13Cl2N3O3S. The number of nitrogens with one attached hydrogen (secondary N) is 1. The fourth-order valence-electron chi connectivity index (χ4n) is 2.05. The molecular weight excluding hydrogens is 385 g/mol. The van der Waals surface area contributed by atoms with E-state index in [4.69, 9.17) is 28.5 Å². The number of rotatable bonds is 5. The van der Waals surface area contributed by atoms with E-state index in [2.05, 4.69) is 5.32 Å². The van der Waals surface area contributed by atoms with Crippen LogP contribution in [0, 0.1) is 11.3 Å². The van der Waals surface area contributed by atoms with Crippen molar-refractivity contribution < 1.29 is 13.2 Å². The molecule has 0 saturated carbocycles. The number of hydrogen-bond acceptors (Lipinski definition) is 4. The first-order valence-electron chi connectivity index (χ1n) is 6.94. The summed E-state index contributed by atoms with van der Waals surface area (Å²) < 4.78 is 25.0. The summed E-state index contributed by atoms with van der Waals surface area (Å²) in [7, 11) is -3.80. The number of halogens is 2. The fraction of sp³-hybridized carbons (Fsp3) is 0.125. The Balaban J connectivity index is 2.26. The van der Waals surface area contributed by atoms with Gasteiger partial charge in [-0.25, -0.2) is 8.42 Å². The molecule has 130 valence electrons. The molecule has 0 heterocycles. The Labute approximate surface area is 155 Å². The fourth-order valence-corrected chi connectivity index (χ4v) is 3.63. The molecule has 9 heteroatoms. The molecule has 0 aliphatic heterocycles. The molecule has 0 radical (unpaired) electrons. The van der Waals surface area contributed by atoms with Crippen LogP contribution in [0.25, 0.3) is 0 Å². The highest BCUT2D eigenvalue weighted by Crippen LogP contribution is 2.34. The molecule has 0 fully saturated rings. The summed E-state index contributed by atoms with van der Waals surface area (Å²) in [6.45, 7) is -0.498. The summed E-state index contributed by atoms with van der Waals surface area (Å²) >= 11 is 12.1. The number of amides is 1. The van der Waals surface area contributed by atoms with E-state index < -0.39 is 22.5 Å². The molecule has 2 aromatic carbocycles. The number of sulfonamides is 1. The number of carbonyl (C=O) groups excluding carboxylic acids is 1. The Bertz CT molecular complexity index is 918. The average molecular weight is 398 g/mol. The number of nitriles is 1. The third-order valence-electron chi connectivity index (χ3n) is 3.17. The van der Waals surface area contributed by atoms with Gasteiger partial charge in [-0.2, -0.15) is 5.26 Å². The number of carbonyl (C=O) groups is 1. The highest BCUT2D eigenvalue weighted by Gasteiger charge is 2.25. The van der Waals surface area contributed by atoms with Crippen LogP contribution in [0.1, 0.15) is 5.56 Å². The molecule has 2 aromatic rings. The monoisotopic (exact) mass is 397 g/mol. The van der Waals surface area contributed by atoms with Crippen LogP contribution >= 0.6 is 23.2 Å². The normalized spacial score (nSPS) is 10.8. The van der Waals surface area contributed by atoms with Crippen molar-refractivity contribution in [3.8, 4) is 6.07 Å². The number of para-hydroxylation sites is 1. The summed E-state index contributed by atoms with van der Waals surface area (Å²) in [6, 6.07) is 12.7. The molecule has 25 heavy (non-hydrogen) atoms. The van der Waals surface area contributed by atoms with Gasteiger partial charge in [-0.3, -0.25) is 9.10 Å². The zero-order valence-corrected chi connectivity index (χ0v) is 15.4. The quantitative estimate of drug-likeness (QED) is 0.837. The van der Waals surface area contributed by atoms with Crippen LogP contribution in [0.4, 0.5) is 11.4 Å². The smallest absolute Gasteiger partial charge is 0.245 e. The van der Waals surface area contributed by atoms with Crippen LogP contribution in [0.3, 0.4) is 0 Å². The number of anilines is 2. The number of benzene rings is 2. The molecule has 2 rings (SSSR count). The number of nitrogens with zero attached hydrogens (tertiary/aromatic N) is 2. The predicted octanol–water partition coefficient (Wildman–Crippen LogP) is 3.27. The van der Waals surface area contributed by atoms with Crippen LogP contribution in [0.2, 0.25) is 10.0 Å². The van der Waals surface area contributed by atoms with Gasteiger partial charge >= 0.3 is 0 Å². The highest BCUT2D eigenvalue weighted by atomic mass is 35.5. The molecule has 0 bridgehead atoms. The van der Waals surface area contributed by atoms with E-state index in [1.807, 2.05) is 6.07 Å². The first-order valence-corrected chi connectivity index (χ1v) is 9.54. The third-order valence-corrected chi connectivity index (χ3v) is 4.89. The Kier molecular flexibility index (Phi) is 5.90. The molecule has 0 aliphatic carbocycles. The van der Waals surface area contributed by atoms with E-state index in [0.717, 1.165) is 10.6 Å². The summed E-state index contributed by atoms with van der Waals surface area (Å²) in [5.74, 6) is -0.578. The van der Waals surface area contributed by atoms with Gasteiger partial charge in [-0.05, 0) is 36.4 Å². The van der Waals surface area contributed by atoms with Gasteiger partial charge in [0.25, 0.3) is 0 Å². The van der Waals surface area contributed by atoms with Gasteiger partial charge in [0.15, 0.2) is 0 Å². The molecule has 0 aromatic heterocycles. The first-order chi connectivity index (χ1) is 11.7. The van der Waals surface area contributed by atoms with Crippen LogP contribution in [-0.4, -0.2) is 27.1 Å². The van der Waals surface area contributed by atoms with Crippen LogP contribution in [0.15, 0.2) is 42.5 Å². The van der Waals surface area contributed by atoms with Gasteiger partial charge in [-0.1, -0.05) is 29.3 Å². The van der Waals surface area contributed by atoms with Crippen molar-refractivity contribution in [1.82, 2.24) is 0 Å². The SMILES string of the molecule is CS(=O)(=O)N(CC(=O)Nc1ccc(C#N)cc1)c1c(Cl)cccc1Cl. The van der Waals surface area contributed by atoms with E-state index in [1.54, 1.807) is 18.2 Å². The van der Waals surface area contributed by atoms with Crippen molar-refractivity contribution >= 4 is 50.5 Å². The van der Waals surface area contributed by atoms with E-state index >= 15 is 0 Å². The Morgan fingerprint density at radius 2 is 1.72 bits per heavy atom. The summed E-state index contributed by atoms with van der Waals surface area (Å²) in [5.41, 5.74) is 0.921. The lowest BCUT2D eigenvalue weighted by Crippen LogP contribution is -2.37. The van der Waals surface area contributed by atoms with Gasteiger partial charge in [0.1, 0.15) is 6.54 Å². The van der Waals surface area contributed by atoms with Crippen molar-refractivity contribution in [2.45, 2.75) is 0 Å². The zero-order chi connectivity index (χ0) is 18.6. The maximum atomic E-state index is 12.3. The predicted molar refractivity (Wildman–Crippen MR) is 98.4 cm³/mol. The average Bonchev–Trinajstić information content (AvgIpc) is 2.53. The lowest BCUT2D eigenvalue weighted by molar-refractivity contribution is -0.114. The van der Waals surface area contributed by atoms with E-state index in [-0.39, 0.29) is 15.7 Å². The van der Waals surface area contributed by atoms with E-state index in [1.165, 1.54) is 24.3 Å². The van der Waals surface area contributed by atoms with Gasteiger partial charge in [0.2, 0.25) is 15.9 Å². The minimum absolute atomic E-state index is 0.0447. The van der Waals surface area contributed by atoms with Crippen LogP contribution in [0.5, 0.6) is 0 Å². The van der Waals surface area contributed by atoms with Crippen molar-refractivity contribution in [3.63, 3.8) is 0 Å². The molecule has 0 spiro atoms. The molecule has 0 aliphatic rings. The molecule has 0 unspecified atom stereocenters. The van der Waals surface area contributed by atoms with Gasteiger partial charge < -0.3 is 5.32 Å². The summed E-state index contributed by atoms with van der Waals surface area (Å²) in [6.07, 6.45) is 0.960. The molecule has 1 N–H and O–H groups in total. The standard InChI is InChI=1S/C16H13Cl2N3O3S/c1-25(23,24)21(16-13(17)3-2-4-14(16)18)10-15(22)20-12-7-5-11(9-19)6-8-12/h2-8H,10H2,1H3,(H,20,22). The van der Waals surface area contributed by atoms with Crippen molar-refractivity contribution in [1.29, 1.82) is 5.26 Å². The lowest BCUT2D eigenvalue weighted by atomic mass is 10.2. The van der Waals surface area contributed by atoms with Gasteiger partial charge in [0, 0.05) is 5.69 Å². The Morgan fingerprint density at radius 1 is 1.16 bits per heavy atom. The van der Waals surface area contributed by atoms with Crippen molar-refractivity contribution in [2.24, 2.45) is 0 Å². The highest BCUT2D eigenvalue weighted by molar-refractivity contribution is 7.92. The Morgan fingerprint density at radius 3 is 2.20 bits per heavy atom. The maximum absolute atomic E-state index is 12.3. The van der Waals surface area contributed by atoms with E-state index in [0.29, 0.717) is 11.3 Å². The van der Waals surface area contributed by atoms with Crippen LogP contribution in [-0.2, 0) is 14.8 Å². The minimum atomic E-state index is -3.80. The number of hydrogen-bond donors (Lipinski definition) is 1. The van der Waals surface area contributed by atoms with Crippen LogP contribution < -0.4 is 9.62 Å². The largest absolute Gasteiger partial charge is 0.325 e. The second-order valence-corrected chi connectivity index (χ2v) is 7.80. The van der Waals surface area contributed by atoms with E-state index in [9.17, 15) is 13.2 Å². The van der Waals surface area contributed by atoms with Gasteiger partial charge in [-0.15, -0.1) is 0 Å². The lowest BCUT2D eigenvalue weighted by Gasteiger charge is -2.23. The topological polar surface area (TPSA) is 90.3 Å². The molecule has 1 amide bonds. The summed E-state index contributed by atoms with van der Waals surface area (Å²) in [4.78, 5) is 12.3. The molecule has 0 saturated heterocycles. The summed E-state index contributed by atoms with van der Waals surface area (Å²) in [5, 5.41) is 11.6. The second-order valence-electron chi connectivity index (χ2n) is 5.08. The maximum Gasteiger partial charge on any atom is 0.245 e. The second kappa shape index (κ2) is 7.74. The third kappa shape index (κ3) is 4.86. The Hall–Kier alpha value is -2.27. The van der Waals surface area contributed by atoms with Gasteiger partial charge in [0.05, 0.1) is 33.6 Å². The van der Waals surface area contributed by atoms with Crippen molar-refractivity contribution in [3.05, 3.63) is 58.1 Å².